The number of rotatable bonds is 7. The Morgan fingerprint density at radius 1 is 1.17 bits per heavy atom. The molecule has 102 valence electrons. The number of hydrogen-bond acceptors (Lipinski definition) is 6. The second-order valence-electron chi connectivity index (χ2n) is 3.13. The van der Waals surface area contributed by atoms with E-state index in [0.29, 0.717) is 0 Å². The second kappa shape index (κ2) is 7.10. The first kappa shape index (κ1) is 14.6. The molecule has 0 amide bonds. The van der Waals surface area contributed by atoms with Crippen LogP contribution in [0.5, 0.6) is 12.0 Å². The molecule has 0 unspecified atom stereocenters. The summed E-state index contributed by atoms with van der Waals surface area (Å²) in [5, 5.41) is 0. The topological polar surface area (TPSA) is 60.4 Å². The van der Waals surface area contributed by atoms with Crippen molar-refractivity contribution in [2.24, 2.45) is 0 Å². The fourth-order valence-corrected chi connectivity index (χ4v) is 1.40. The molecule has 0 saturated heterocycles. The van der Waals surface area contributed by atoms with Gasteiger partial charge >= 0.3 is 12.0 Å². The summed E-state index contributed by atoms with van der Waals surface area (Å²) in [6, 6.07) is -0.0172. The maximum Gasteiger partial charge on any atom is 0.324 e. The fraction of sp³-hybridized carbons (Fsp3) is 0.667. The lowest BCUT2D eigenvalue weighted by molar-refractivity contribution is 0.154. The van der Waals surface area contributed by atoms with E-state index in [4.69, 9.17) is 21.1 Å². The summed E-state index contributed by atoms with van der Waals surface area (Å²) in [5.41, 5.74) is 0. The second-order valence-corrected chi connectivity index (χ2v) is 3.51. The van der Waals surface area contributed by atoms with Crippen molar-refractivity contribution >= 4 is 17.5 Å². The summed E-state index contributed by atoms with van der Waals surface area (Å²) in [5.74, 6) is 0.211. The van der Waals surface area contributed by atoms with Gasteiger partial charge in [0.05, 0.1) is 20.8 Å². The predicted molar refractivity (Wildman–Crippen MR) is 61.9 cm³/mol. The number of ether oxygens (including phenoxy) is 2. The van der Waals surface area contributed by atoms with E-state index in [2.05, 4.69) is 15.0 Å². The first-order valence-electron chi connectivity index (χ1n) is 5.03. The number of halogens is 3. The molecular formula is C9H13ClF2N4O2. The first-order valence-corrected chi connectivity index (χ1v) is 5.57. The molecule has 0 aliphatic carbocycles. The number of aromatic nitrogens is 3. The van der Waals surface area contributed by atoms with Crippen molar-refractivity contribution in [3.05, 3.63) is 0 Å². The molecule has 0 atom stereocenters. The highest BCUT2D eigenvalue weighted by molar-refractivity contribution is 6.18. The van der Waals surface area contributed by atoms with Gasteiger partial charge in [0.1, 0.15) is 0 Å². The molecule has 6 nitrogen and oxygen atoms in total. The van der Waals surface area contributed by atoms with Crippen molar-refractivity contribution in [3.63, 3.8) is 0 Å². The van der Waals surface area contributed by atoms with Crippen LogP contribution < -0.4 is 14.4 Å². The standard InChI is InChI=1S/C9H13ClF2N4O2/c1-17-8-13-7(14-9(15-8)18-2)16(4-3-10)5-6(11)12/h6H,3-5H2,1-2H3. The highest BCUT2D eigenvalue weighted by Crippen LogP contribution is 2.16. The van der Waals surface area contributed by atoms with Crippen LogP contribution in [0.2, 0.25) is 0 Å². The quantitative estimate of drug-likeness (QED) is 0.700. The molecule has 0 saturated carbocycles. The van der Waals surface area contributed by atoms with Gasteiger partial charge in [-0.15, -0.1) is 16.6 Å². The monoisotopic (exact) mass is 282 g/mol. The highest BCUT2D eigenvalue weighted by Gasteiger charge is 2.17. The average Bonchev–Trinajstić information content (AvgIpc) is 2.37. The highest BCUT2D eigenvalue weighted by atomic mass is 35.5. The largest absolute Gasteiger partial charge is 0.467 e. The number of nitrogens with zero attached hydrogens (tertiary/aromatic N) is 4. The Labute approximate surface area is 108 Å². The molecule has 0 N–H and O–H groups in total. The minimum Gasteiger partial charge on any atom is -0.467 e. The van der Waals surface area contributed by atoms with Crippen LogP contribution in [0.25, 0.3) is 0 Å². The van der Waals surface area contributed by atoms with Gasteiger partial charge in [0.2, 0.25) is 5.95 Å². The Balaban J connectivity index is 3.01. The molecular weight excluding hydrogens is 270 g/mol. The van der Waals surface area contributed by atoms with Gasteiger partial charge < -0.3 is 14.4 Å². The molecule has 0 fully saturated rings. The smallest absolute Gasteiger partial charge is 0.324 e. The summed E-state index contributed by atoms with van der Waals surface area (Å²) in [7, 11) is 2.72. The van der Waals surface area contributed by atoms with Gasteiger partial charge in [0.15, 0.2) is 0 Å². The molecule has 9 heteroatoms. The minimum absolute atomic E-state index is 0.00862. The minimum atomic E-state index is -2.53. The van der Waals surface area contributed by atoms with Crippen LogP contribution in [-0.2, 0) is 0 Å². The third-order valence-electron chi connectivity index (χ3n) is 1.94. The van der Waals surface area contributed by atoms with E-state index in [0.717, 1.165) is 0 Å². The first-order chi connectivity index (χ1) is 8.60. The van der Waals surface area contributed by atoms with Crippen molar-refractivity contribution in [1.82, 2.24) is 15.0 Å². The van der Waals surface area contributed by atoms with Gasteiger partial charge in [-0.05, 0) is 0 Å². The van der Waals surface area contributed by atoms with Gasteiger partial charge in [0.25, 0.3) is 6.43 Å². The van der Waals surface area contributed by atoms with Crippen LogP contribution in [-0.4, -0.2) is 54.6 Å². The summed E-state index contributed by atoms with van der Waals surface area (Å²) in [4.78, 5) is 12.8. The Morgan fingerprint density at radius 3 is 2.11 bits per heavy atom. The molecule has 0 spiro atoms. The average molecular weight is 283 g/mol. The summed E-state index contributed by atoms with van der Waals surface area (Å²) in [6.45, 7) is -0.342. The van der Waals surface area contributed by atoms with Crippen LogP contribution in [0.4, 0.5) is 14.7 Å². The van der Waals surface area contributed by atoms with Crippen LogP contribution in [0, 0.1) is 0 Å². The maximum atomic E-state index is 12.4. The van der Waals surface area contributed by atoms with Gasteiger partial charge in [-0.25, -0.2) is 8.78 Å². The van der Waals surface area contributed by atoms with E-state index in [9.17, 15) is 8.78 Å². The molecule has 0 radical (unpaired) electrons. The Bertz CT molecular complexity index is 361. The Hall–Kier alpha value is -1.44. The van der Waals surface area contributed by atoms with Gasteiger partial charge in [0, 0.05) is 12.4 Å². The van der Waals surface area contributed by atoms with E-state index < -0.39 is 13.0 Å². The SMILES string of the molecule is COc1nc(OC)nc(N(CCCl)CC(F)F)n1. The van der Waals surface area contributed by atoms with Crippen molar-refractivity contribution in [2.45, 2.75) is 6.43 Å². The van der Waals surface area contributed by atoms with Gasteiger partial charge in [-0.3, -0.25) is 0 Å². The fourth-order valence-electron chi connectivity index (χ4n) is 1.19. The lowest BCUT2D eigenvalue weighted by atomic mass is 10.5. The number of alkyl halides is 3. The van der Waals surface area contributed by atoms with Crippen LogP contribution in [0.1, 0.15) is 0 Å². The molecule has 1 aromatic rings. The molecule has 1 rings (SSSR count). The van der Waals surface area contributed by atoms with Gasteiger partial charge in [-0.1, -0.05) is 0 Å². The number of anilines is 1. The molecule has 18 heavy (non-hydrogen) atoms. The molecule has 1 heterocycles. The van der Waals surface area contributed by atoms with Gasteiger partial charge in [-0.2, -0.15) is 9.97 Å². The van der Waals surface area contributed by atoms with E-state index in [1.54, 1.807) is 0 Å². The van der Waals surface area contributed by atoms with Crippen LogP contribution in [0.3, 0.4) is 0 Å². The lowest BCUT2D eigenvalue weighted by Crippen LogP contribution is -2.32. The van der Waals surface area contributed by atoms with Crippen molar-refractivity contribution in [3.8, 4) is 12.0 Å². The van der Waals surface area contributed by atoms with Crippen LogP contribution in [0.15, 0.2) is 0 Å². The molecule has 0 aliphatic heterocycles. The van der Waals surface area contributed by atoms with E-state index in [1.165, 1.54) is 19.1 Å². The zero-order chi connectivity index (χ0) is 13.5. The third-order valence-corrected chi connectivity index (χ3v) is 2.11. The van der Waals surface area contributed by atoms with E-state index >= 15 is 0 Å². The van der Waals surface area contributed by atoms with Crippen LogP contribution >= 0.6 is 11.6 Å². The summed E-state index contributed by atoms with van der Waals surface area (Å²) in [6.07, 6.45) is -2.53. The van der Waals surface area contributed by atoms with Crippen molar-refractivity contribution in [1.29, 1.82) is 0 Å². The van der Waals surface area contributed by atoms with E-state index in [-0.39, 0.29) is 30.4 Å². The molecule has 0 aliphatic rings. The zero-order valence-electron chi connectivity index (χ0n) is 9.94. The maximum absolute atomic E-state index is 12.4. The lowest BCUT2D eigenvalue weighted by Gasteiger charge is -2.21. The molecule has 0 bridgehead atoms. The predicted octanol–water partition coefficient (Wildman–Crippen LogP) is 1.20. The number of hydrogen-bond donors (Lipinski definition) is 0. The third kappa shape index (κ3) is 4.10. The summed E-state index contributed by atoms with van der Waals surface area (Å²) >= 11 is 5.56. The van der Waals surface area contributed by atoms with Crippen molar-refractivity contribution in [2.75, 3.05) is 38.1 Å². The van der Waals surface area contributed by atoms with Crippen molar-refractivity contribution < 1.29 is 18.3 Å². The zero-order valence-corrected chi connectivity index (χ0v) is 10.7. The van der Waals surface area contributed by atoms with E-state index in [1.807, 2.05) is 0 Å². The number of methoxy groups -OCH3 is 2. The Morgan fingerprint density at radius 2 is 1.72 bits per heavy atom. The summed E-state index contributed by atoms with van der Waals surface area (Å²) < 4.78 is 34.6. The normalized spacial score (nSPS) is 10.6. The Kier molecular flexibility index (Phi) is 5.76. The molecule has 1 aromatic heterocycles. The molecule has 0 aromatic carbocycles.